The van der Waals surface area contributed by atoms with Crippen LogP contribution < -0.4 is 14.8 Å². The van der Waals surface area contributed by atoms with Gasteiger partial charge in [-0.15, -0.1) is 0 Å². The second kappa shape index (κ2) is 6.02. The zero-order valence-corrected chi connectivity index (χ0v) is 10.5. The molecule has 1 heterocycles. The molecule has 4 nitrogen and oxygen atoms in total. The minimum atomic E-state index is 0.562. The number of hydrogen-bond acceptors (Lipinski definition) is 4. The Balaban J connectivity index is 2.20. The molecule has 1 N–H and O–H groups in total. The molecule has 2 aromatic rings. The molecule has 0 saturated carbocycles. The number of pyridine rings is 1. The van der Waals surface area contributed by atoms with Crippen molar-refractivity contribution in [3.05, 3.63) is 48.2 Å². The Morgan fingerprint density at radius 1 is 1.17 bits per heavy atom. The molecule has 0 radical (unpaired) electrons. The fourth-order valence-electron chi connectivity index (χ4n) is 1.64. The monoisotopic (exact) mass is 244 g/mol. The van der Waals surface area contributed by atoms with Gasteiger partial charge in [-0.05, 0) is 30.8 Å². The zero-order valence-electron chi connectivity index (χ0n) is 10.5. The summed E-state index contributed by atoms with van der Waals surface area (Å²) in [6, 6.07) is 11.4. The second-order valence-electron chi connectivity index (χ2n) is 3.79. The average molecular weight is 244 g/mol. The van der Waals surface area contributed by atoms with Crippen molar-refractivity contribution in [1.29, 1.82) is 0 Å². The summed E-state index contributed by atoms with van der Waals surface area (Å²) < 4.78 is 11.0. The molecule has 94 valence electrons. The van der Waals surface area contributed by atoms with Gasteiger partial charge in [0.2, 0.25) is 5.88 Å². The van der Waals surface area contributed by atoms with Crippen LogP contribution in [0.4, 0.5) is 0 Å². The summed E-state index contributed by atoms with van der Waals surface area (Å²) in [5, 5.41) is 3.09. The van der Waals surface area contributed by atoms with Crippen molar-refractivity contribution in [2.45, 2.75) is 6.54 Å². The highest BCUT2D eigenvalue weighted by molar-refractivity contribution is 5.41. The molecule has 0 atom stereocenters. The molecule has 1 aromatic carbocycles. The number of benzene rings is 1. The van der Waals surface area contributed by atoms with E-state index in [1.54, 1.807) is 13.3 Å². The molecule has 0 saturated heterocycles. The Labute approximate surface area is 107 Å². The highest BCUT2D eigenvalue weighted by atomic mass is 16.5. The van der Waals surface area contributed by atoms with E-state index in [-0.39, 0.29) is 0 Å². The van der Waals surface area contributed by atoms with Crippen LogP contribution in [0.1, 0.15) is 5.56 Å². The average Bonchev–Trinajstić information content (AvgIpc) is 2.40. The van der Waals surface area contributed by atoms with Gasteiger partial charge in [0.1, 0.15) is 0 Å². The van der Waals surface area contributed by atoms with Crippen molar-refractivity contribution < 1.29 is 9.47 Å². The summed E-state index contributed by atoms with van der Waals surface area (Å²) in [6.07, 6.45) is 1.73. The van der Waals surface area contributed by atoms with Gasteiger partial charge in [0.15, 0.2) is 11.5 Å². The Hall–Kier alpha value is -2.07. The minimum Gasteiger partial charge on any atom is -0.493 e. The van der Waals surface area contributed by atoms with Crippen molar-refractivity contribution in [2.24, 2.45) is 0 Å². The molecule has 0 spiro atoms. The molecule has 4 heteroatoms. The SMILES string of the molecule is CNCc1ccnc(Oc2ccccc2OC)c1. The lowest BCUT2D eigenvalue weighted by Crippen LogP contribution is -2.05. The number of aromatic nitrogens is 1. The van der Waals surface area contributed by atoms with Gasteiger partial charge in [0.25, 0.3) is 0 Å². The van der Waals surface area contributed by atoms with Crippen molar-refractivity contribution in [3.8, 4) is 17.4 Å². The molecule has 0 aliphatic rings. The maximum absolute atomic E-state index is 5.72. The van der Waals surface area contributed by atoms with Crippen LogP contribution in [0.2, 0.25) is 0 Å². The molecule has 0 aliphatic carbocycles. The molecular weight excluding hydrogens is 228 g/mol. The van der Waals surface area contributed by atoms with Gasteiger partial charge in [-0.1, -0.05) is 12.1 Å². The summed E-state index contributed by atoms with van der Waals surface area (Å²) in [7, 11) is 3.52. The molecule has 0 fully saturated rings. The largest absolute Gasteiger partial charge is 0.493 e. The Bertz CT molecular complexity index is 515. The van der Waals surface area contributed by atoms with E-state index in [0.717, 1.165) is 12.1 Å². The number of rotatable bonds is 5. The van der Waals surface area contributed by atoms with Crippen LogP contribution >= 0.6 is 0 Å². The fourth-order valence-corrected chi connectivity index (χ4v) is 1.64. The molecule has 2 rings (SSSR count). The van der Waals surface area contributed by atoms with Crippen LogP contribution in [0, 0.1) is 0 Å². The molecule has 0 bridgehead atoms. The first-order valence-electron chi connectivity index (χ1n) is 5.74. The van der Waals surface area contributed by atoms with Gasteiger partial charge in [0, 0.05) is 18.8 Å². The van der Waals surface area contributed by atoms with E-state index in [4.69, 9.17) is 9.47 Å². The van der Waals surface area contributed by atoms with Crippen LogP contribution in [-0.4, -0.2) is 19.1 Å². The summed E-state index contributed by atoms with van der Waals surface area (Å²) in [6.45, 7) is 0.783. The van der Waals surface area contributed by atoms with Gasteiger partial charge < -0.3 is 14.8 Å². The molecule has 0 aliphatic heterocycles. The van der Waals surface area contributed by atoms with E-state index in [1.165, 1.54) is 0 Å². The highest BCUT2D eigenvalue weighted by Gasteiger charge is 2.05. The summed E-state index contributed by atoms with van der Waals surface area (Å²) in [5.74, 6) is 1.92. The number of ether oxygens (including phenoxy) is 2. The van der Waals surface area contributed by atoms with Crippen LogP contribution in [0.25, 0.3) is 0 Å². The van der Waals surface area contributed by atoms with Crippen molar-refractivity contribution in [1.82, 2.24) is 10.3 Å². The molecule has 18 heavy (non-hydrogen) atoms. The third kappa shape index (κ3) is 2.99. The standard InChI is InChI=1S/C14H16N2O2/c1-15-10-11-7-8-16-14(9-11)18-13-6-4-3-5-12(13)17-2/h3-9,15H,10H2,1-2H3. The van der Waals surface area contributed by atoms with E-state index < -0.39 is 0 Å². The van der Waals surface area contributed by atoms with E-state index in [1.807, 2.05) is 43.4 Å². The lowest BCUT2D eigenvalue weighted by Gasteiger charge is -2.09. The van der Waals surface area contributed by atoms with E-state index in [2.05, 4.69) is 10.3 Å². The first-order valence-corrected chi connectivity index (χ1v) is 5.74. The predicted octanol–water partition coefficient (Wildman–Crippen LogP) is 2.60. The quantitative estimate of drug-likeness (QED) is 0.878. The maximum Gasteiger partial charge on any atom is 0.219 e. The number of nitrogens with zero attached hydrogens (tertiary/aromatic N) is 1. The van der Waals surface area contributed by atoms with E-state index in [9.17, 15) is 0 Å². The van der Waals surface area contributed by atoms with Crippen molar-refractivity contribution in [2.75, 3.05) is 14.2 Å². The summed E-state index contributed by atoms with van der Waals surface area (Å²) >= 11 is 0. The number of hydrogen-bond donors (Lipinski definition) is 1. The topological polar surface area (TPSA) is 43.4 Å². The third-order valence-corrected chi connectivity index (χ3v) is 2.46. The minimum absolute atomic E-state index is 0.562. The van der Waals surface area contributed by atoms with Crippen LogP contribution in [-0.2, 0) is 6.54 Å². The van der Waals surface area contributed by atoms with E-state index >= 15 is 0 Å². The zero-order chi connectivity index (χ0) is 12.8. The predicted molar refractivity (Wildman–Crippen MR) is 70.1 cm³/mol. The first kappa shape index (κ1) is 12.4. The molecule has 0 unspecified atom stereocenters. The number of methoxy groups -OCH3 is 1. The number of para-hydroxylation sites is 2. The Morgan fingerprint density at radius 3 is 2.67 bits per heavy atom. The van der Waals surface area contributed by atoms with Crippen molar-refractivity contribution >= 4 is 0 Å². The van der Waals surface area contributed by atoms with Gasteiger partial charge in [0.05, 0.1) is 7.11 Å². The first-order chi connectivity index (χ1) is 8.83. The number of nitrogens with one attached hydrogen (secondary N) is 1. The second-order valence-corrected chi connectivity index (χ2v) is 3.79. The van der Waals surface area contributed by atoms with Gasteiger partial charge in [-0.25, -0.2) is 4.98 Å². The maximum atomic E-state index is 5.72. The van der Waals surface area contributed by atoms with Crippen LogP contribution in [0.3, 0.4) is 0 Å². The van der Waals surface area contributed by atoms with Crippen molar-refractivity contribution in [3.63, 3.8) is 0 Å². The van der Waals surface area contributed by atoms with Crippen LogP contribution in [0.5, 0.6) is 17.4 Å². The fraction of sp³-hybridized carbons (Fsp3) is 0.214. The highest BCUT2D eigenvalue weighted by Crippen LogP contribution is 2.29. The smallest absolute Gasteiger partial charge is 0.219 e. The Kier molecular flexibility index (Phi) is 4.15. The van der Waals surface area contributed by atoms with Gasteiger partial charge >= 0.3 is 0 Å². The third-order valence-electron chi connectivity index (χ3n) is 2.46. The van der Waals surface area contributed by atoms with Crippen LogP contribution in [0.15, 0.2) is 42.6 Å². The summed E-state index contributed by atoms with van der Waals surface area (Å²) in [5.41, 5.74) is 1.12. The lowest BCUT2D eigenvalue weighted by molar-refractivity contribution is 0.374. The molecular formula is C14H16N2O2. The molecule has 0 amide bonds. The van der Waals surface area contributed by atoms with E-state index in [0.29, 0.717) is 17.4 Å². The molecule has 1 aromatic heterocycles. The normalized spacial score (nSPS) is 10.1. The van der Waals surface area contributed by atoms with Gasteiger partial charge in [-0.2, -0.15) is 0 Å². The Morgan fingerprint density at radius 2 is 1.94 bits per heavy atom. The van der Waals surface area contributed by atoms with Gasteiger partial charge in [-0.3, -0.25) is 0 Å². The summed E-state index contributed by atoms with van der Waals surface area (Å²) in [4.78, 5) is 4.19. The lowest BCUT2D eigenvalue weighted by atomic mass is 10.2.